The number of likely N-dealkylation sites (tertiary alicyclic amines) is 1. The van der Waals surface area contributed by atoms with E-state index >= 15 is 0 Å². The fraction of sp³-hybridized carbons (Fsp3) is 0.556. The first-order valence-electron chi connectivity index (χ1n) is 13.1. The molecule has 2 fully saturated rings. The van der Waals surface area contributed by atoms with Crippen molar-refractivity contribution in [3.63, 3.8) is 0 Å². The fourth-order valence-electron chi connectivity index (χ4n) is 6.15. The number of aliphatic carboxylic acids is 1. The molecule has 4 atom stereocenters. The number of nitrogens with zero attached hydrogens (tertiary/aromatic N) is 6. The van der Waals surface area contributed by atoms with Gasteiger partial charge in [0, 0.05) is 41.1 Å². The summed E-state index contributed by atoms with van der Waals surface area (Å²) >= 11 is 12.6. The summed E-state index contributed by atoms with van der Waals surface area (Å²) in [6.45, 7) is 8.21. The average Bonchev–Trinajstić information content (AvgIpc) is 3.46. The van der Waals surface area contributed by atoms with Crippen LogP contribution in [0.4, 0.5) is 5.82 Å². The van der Waals surface area contributed by atoms with Crippen molar-refractivity contribution in [1.82, 2.24) is 24.6 Å². The minimum Gasteiger partial charge on any atom is -0.481 e. The van der Waals surface area contributed by atoms with E-state index in [1.54, 1.807) is 6.07 Å². The molecule has 0 saturated carbocycles. The van der Waals surface area contributed by atoms with Gasteiger partial charge in [-0.1, -0.05) is 29.3 Å². The highest BCUT2D eigenvalue weighted by atomic mass is 35.5. The zero-order valence-corrected chi connectivity index (χ0v) is 23.1. The molecule has 2 aliphatic rings. The Morgan fingerprint density at radius 2 is 2.05 bits per heavy atom. The number of hydrogen-bond donors (Lipinski definition) is 1. The van der Waals surface area contributed by atoms with E-state index in [2.05, 4.69) is 23.6 Å². The standard InChI is InChI=1S/C27H34Cl2N6O2/c1-16-13-21(34-11-4-5-20(34)7-9-25(36)37)10-12-33(16)24-15-30-26-17(2)32-35(27(26)31-24)18(3)22-8-6-19(28)14-23(22)29/h6,8,14-16,18,20-21H,4-5,7,9-13H2,1-3H3,(H,36,37)/t16-,18?,20-,21?/m0/s1. The van der Waals surface area contributed by atoms with Gasteiger partial charge in [0.1, 0.15) is 11.3 Å². The van der Waals surface area contributed by atoms with Crippen LogP contribution in [0.25, 0.3) is 11.2 Å². The second kappa shape index (κ2) is 10.8. The number of benzene rings is 1. The van der Waals surface area contributed by atoms with E-state index in [9.17, 15) is 4.79 Å². The molecular weight excluding hydrogens is 511 g/mol. The van der Waals surface area contributed by atoms with Gasteiger partial charge in [0.05, 0.1) is 17.9 Å². The Kier molecular flexibility index (Phi) is 7.61. The molecule has 8 nitrogen and oxygen atoms in total. The van der Waals surface area contributed by atoms with Gasteiger partial charge in [-0.3, -0.25) is 9.69 Å². The van der Waals surface area contributed by atoms with Crippen LogP contribution in [-0.4, -0.2) is 66.9 Å². The molecule has 2 saturated heterocycles. The van der Waals surface area contributed by atoms with Crippen molar-refractivity contribution in [3.05, 3.63) is 45.7 Å². The smallest absolute Gasteiger partial charge is 0.303 e. The first-order valence-corrected chi connectivity index (χ1v) is 13.9. The molecule has 0 bridgehead atoms. The molecule has 4 heterocycles. The van der Waals surface area contributed by atoms with Crippen LogP contribution in [0, 0.1) is 6.92 Å². The summed E-state index contributed by atoms with van der Waals surface area (Å²) in [7, 11) is 0. The Bertz CT molecular complexity index is 1300. The fourth-order valence-corrected chi connectivity index (χ4v) is 6.72. The van der Waals surface area contributed by atoms with Crippen molar-refractivity contribution < 1.29 is 9.90 Å². The van der Waals surface area contributed by atoms with E-state index in [-0.39, 0.29) is 12.5 Å². The zero-order valence-electron chi connectivity index (χ0n) is 21.6. The summed E-state index contributed by atoms with van der Waals surface area (Å²) in [5.41, 5.74) is 3.30. The molecule has 10 heteroatoms. The Morgan fingerprint density at radius 1 is 1.24 bits per heavy atom. The maximum atomic E-state index is 11.1. The lowest BCUT2D eigenvalue weighted by Crippen LogP contribution is -2.50. The van der Waals surface area contributed by atoms with E-state index in [1.165, 1.54) is 0 Å². The summed E-state index contributed by atoms with van der Waals surface area (Å²) < 4.78 is 1.91. The van der Waals surface area contributed by atoms with Crippen LogP contribution in [0.2, 0.25) is 10.0 Å². The number of aryl methyl sites for hydroxylation is 1. The molecule has 0 radical (unpaired) electrons. The lowest BCUT2D eigenvalue weighted by Gasteiger charge is -2.43. The molecule has 5 rings (SSSR count). The largest absolute Gasteiger partial charge is 0.481 e. The Labute approximate surface area is 227 Å². The minimum atomic E-state index is -0.703. The highest BCUT2D eigenvalue weighted by molar-refractivity contribution is 6.35. The lowest BCUT2D eigenvalue weighted by atomic mass is 9.95. The summed E-state index contributed by atoms with van der Waals surface area (Å²) in [6, 6.07) is 6.55. The van der Waals surface area contributed by atoms with Crippen molar-refractivity contribution in [2.24, 2.45) is 0 Å². The second-order valence-corrected chi connectivity index (χ2v) is 11.3. The number of hydrogen-bond acceptors (Lipinski definition) is 6. The molecule has 1 aromatic carbocycles. The zero-order chi connectivity index (χ0) is 26.3. The van der Waals surface area contributed by atoms with E-state index < -0.39 is 5.97 Å². The van der Waals surface area contributed by atoms with Crippen molar-refractivity contribution >= 4 is 46.2 Å². The molecule has 2 unspecified atom stereocenters. The Balaban J connectivity index is 1.36. The van der Waals surface area contributed by atoms with Crippen LogP contribution in [-0.2, 0) is 4.79 Å². The van der Waals surface area contributed by atoms with Crippen LogP contribution >= 0.6 is 23.2 Å². The maximum Gasteiger partial charge on any atom is 0.303 e. The van der Waals surface area contributed by atoms with Crippen LogP contribution in [0.3, 0.4) is 0 Å². The molecule has 37 heavy (non-hydrogen) atoms. The molecule has 0 spiro atoms. The van der Waals surface area contributed by atoms with Gasteiger partial charge in [0.15, 0.2) is 5.65 Å². The Hall–Kier alpha value is -2.42. The molecular formula is C27H34Cl2N6O2. The van der Waals surface area contributed by atoms with Crippen molar-refractivity contribution in [2.45, 2.75) is 83.5 Å². The van der Waals surface area contributed by atoms with Gasteiger partial charge < -0.3 is 10.0 Å². The van der Waals surface area contributed by atoms with Crippen molar-refractivity contribution in [2.75, 3.05) is 18.0 Å². The molecule has 3 aromatic rings. The summed E-state index contributed by atoms with van der Waals surface area (Å²) in [6.07, 6.45) is 7.16. The first-order chi connectivity index (χ1) is 17.7. The van der Waals surface area contributed by atoms with Crippen LogP contribution < -0.4 is 4.90 Å². The molecule has 0 aliphatic carbocycles. The predicted molar refractivity (Wildman–Crippen MR) is 147 cm³/mol. The van der Waals surface area contributed by atoms with Crippen LogP contribution in [0.5, 0.6) is 0 Å². The number of carboxylic acids is 1. The number of aromatic nitrogens is 4. The average molecular weight is 546 g/mol. The predicted octanol–water partition coefficient (Wildman–Crippen LogP) is 5.74. The van der Waals surface area contributed by atoms with Crippen molar-refractivity contribution in [1.29, 1.82) is 0 Å². The van der Waals surface area contributed by atoms with E-state index in [4.69, 9.17) is 43.4 Å². The van der Waals surface area contributed by atoms with E-state index in [0.29, 0.717) is 28.2 Å². The molecule has 198 valence electrons. The van der Waals surface area contributed by atoms with E-state index in [1.807, 2.05) is 29.9 Å². The Morgan fingerprint density at radius 3 is 2.78 bits per heavy atom. The topological polar surface area (TPSA) is 87.4 Å². The third kappa shape index (κ3) is 5.29. The molecule has 0 amide bonds. The van der Waals surface area contributed by atoms with Gasteiger partial charge in [0.2, 0.25) is 0 Å². The van der Waals surface area contributed by atoms with E-state index in [0.717, 1.165) is 73.4 Å². The number of piperidine rings is 1. The highest BCUT2D eigenvalue weighted by Gasteiger charge is 2.36. The number of carbonyl (C=O) groups is 1. The highest BCUT2D eigenvalue weighted by Crippen LogP contribution is 2.34. The normalized spacial score (nSPS) is 23.6. The number of rotatable bonds is 7. The van der Waals surface area contributed by atoms with Crippen molar-refractivity contribution in [3.8, 4) is 0 Å². The molecule has 2 aliphatic heterocycles. The van der Waals surface area contributed by atoms with Gasteiger partial charge >= 0.3 is 5.97 Å². The van der Waals surface area contributed by atoms with Crippen LogP contribution in [0.1, 0.15) is 69.7 Å². The van der Waals surface area contributed by atoms with Gasteiger partial charge in [0.25, 0.3) is 0 Å². The monoisotopic (exact) mass is 544 g/mol. The van der Waals surface area contributed by atoms with Crippen LogP contribution in [0.15, 0.2) is 24.4 Å². The molecule has 2 aromatic heterocycles. The summed E-state index contributed by atoms with van der Waals surface area (Å²) in [5.74, 6) is 0.156. The third-order valence-corrected chi connectivity index (χ3v) is 8.63. The first kappa shape index (κ1) is 26.2. The van der Waals surface area contributed by atoms with Gasteiger partial charge in [-0.2, -0.15) is 5.10 Å². The number of anilines is 1. The number of fused-ring (bicyclic) bond motifs is 1. The number of carboxylic acid groups (broad SMARTS) is 1. The third-order valence-electron chi connectivity index (χ3n) is 8.06. The molecule has 1 N–H and O–H groups in total. The lowest BCUT2D eigenvalue weighted by molar-refractivity contribution is -0.137. The number of halogens is 2. The van der Waals surface area contributed by atoms with Gasteiger partial charge in [-0.25, -0.2) is 14.6 Å². The summed E-state index contributed by atoms with van der Waals surface area (Å²) in [5, 5.41) is 15.1. The van der Waals surface area contributed by atoms with Gasteiger partial charge in [-0.05, 0) is 77.1 Å². The second-order valence-electron chi connectivity index (χ2n) is 10.5. The quantitative estimate of drug-likeness (QED) is 0.405. The minimum absolute atomic E-state index is 0.133. The summed E-state index contributed by atoms with van der Waals surface area (Å²) in [4.78, 5) is 25.9. The van der Waals surface area contributed by atoms with Gasteiger partial charge in [-0.15, -0.1) is 0 Å². The SMILES string of the molecule is Cc1nn(C(C)c2ccc(Cl)cc2Cl)c2nc(N3CCC(N4CCC[C@H]4CCC(=O)O)C[C@@H]3C)cnc12. The maximum absolute atomic E-state index is 11.1.